The van der Waals surface area contributed by atoms with Crippen molar-refractivity contribution in [2.75, 3.05) is 6.54 Å². The molecule has 3 heteroatoms. The maximum absolute atomic E-state index is 3.72. The van der Waals surface area contributed by atoms with Crippen LogP contribution in [0.2, 0.25) is 19.1 Å². The molecule has 0 radical (unpaired) electrons. The van der Waals surface area contributed by atoms with Crippen molar-refractivity contribution in [3.05, 3.63) is 17.5 Å². The Morgan fingerprint density at radius 2 is 2.22 bits per heavy atom. The summed E-state index contributed by atoms with van der Waals surface area (Å²) in [6.07, 6.45) is 8.45. The fraction of sp³-hybridized carbons (Fsp3) is 0.733. The number of hydrogen-bond acceptors (Lipinski definition) is 2. The predicted molar refractivity (Wildman–Crippen MR) is 85.7 cm³/mol. The Morgan fingerprint density at radius 1 is 1.33 bits per heavy atom. The molecule has 2 heterocycles. The molecule has 102 valence electrons. The van der Waals surface area contributed by atoms with Crippen molar-refractivity contribution in [3.63, 3.8) is 0 Å². The van der Waals surface area contributed by atoms with E-state index in [4.69, 9.17) is 0 Å². The van der Waals surface area contributed by atoms with Crippen LogP contribution in [0, 0.1) is 0 Å². The minimum atomic E-state index is -1.13. The summed E-state index contributed by atoms with van der Waals surface area (Å²) in [5.74, 6) is 0. The van der Waals surface area contributed by atoms with E-state index < -0.39 is 8.07 Å². The minimum absolute atomic E-state index is 0.806. The van der Waals surface area contributed by atoms with Crippen LogP contribution in [0.3, 0.4) is 0 Å². The van der Waals surface area contributed by atoms with Crippen molar-refractivity contribution < 1.29 is 0 Å². The van der Waals surface area contributed by atoms with E-state index in [1.54, 1.807) is 4.50 Å². The zero-order chi connectivity index (χ0) is 12.8. The third-order valence-electron chi connectivity index (χ3n) is 4.20. The van der Waals surface area contributed by atoms with Crippen molar-refractivity contribution in [2.45, 2.75) is 63.7 Å². The molecule has 1 nitrogen and oxygen atoms in total. The summed E-state index contributed by atoms with van der Waals surface area (Å²) < 4.78 is 1.68. The number of nitrogens with one attached hydrogen (secondary N) is 1. The molecule has 1 N–H and O–H groups in total. The fourth-order valence-electron chi connectivity index (χ4n) is 2.92. The first-order chi connectivity index (χ1) is 8.68. The van der Waals surface area contributed by atoms with E-state index in [2.05, 4.69) is 35.9 Å². The van der Waals surface area contributed by atoms with E-state index in [1.807, 2.05) is 11.3 Å². The van der Waals surface area contributed by atoms with Gasteiger partial charge in [-0.15, -0.1) is 0 Å². The molecule has 2 rings (SSSR count). The quantitative estimate of drug-likeness (QED) is 0.805. The van der Waals surface area contributed by atoms with E-state index in [9.17, 15) is 0 Å². The highest BCUT2D eigenvalue weighted by Gasteiger charge is 2.24. The standard InChI is InChI=1S/C15H27NSSi/c1-18(2,15-10-6-12-17-15)13-7-9-14-8-4-3-5-11-16-14/h6,10,12,14,16H,3-5,7-9,11,13H2,1-2H3. The van der Waals surface area contributed by atoms with E-state index in [-0.39, 0.29) is 0 Å². The Hall–Kier alpha value is -0.123. The van der Waals surface area contributed by atoms with Gasteiger partial charge in [0.25, 0.3) is 0 Å². The van der Waals surface area contributed by atoms with Gasteiger partial charge in [0.1, 0.15) is 0 Å². The highest BCUT2D eigenvalue weighted by molar-refractivity contribution is 7.25. The Bertz CT molecular complexity index is 326. The monoisotopic (exact) mass is 281 g/mol. The third kappa shape index (κ3) is 4.21. The lowest BCUT2D eigenvalue weighted by molar-refractivity contribution is 0.472. The Morgan fingerprint density at radius 3 is 3.00 bits per heavy atom. The molecule has 1 atom stereocenters. The van der Waals surface area contributed by atoms with Crippen LogP contribution in [0.25, 0.3) is 0 Å². The summed E-state index contributed by atoms with van der Waals surface area (Å²) in [6, 6.07) is 6.81. The van der Waals surface area contributed by atoms with Gasteiger partial charge in [0, 0.05) is 6.04 Å². The highest BCUT2D eigenvalue weighted by atomic mass is 32.1. The van der Waals surface area contributed by atoms with Crippen molar-refractivity contribution in [2.24, 2.45) is 0 Å². The summed E-state index contributed by atoms with van der Waals surface area (Å²) in [7, 11) is -1.13. The zero-order valence-corrected chi connectivity index (χ0v) is 13.7. The highest BCUT2D eigenvalue weighted by Crippen LogP contribution is 2.19. The van der Waals surface area contributed by atoms with Crippen molar-refractivity contribution in [1.82, 2.24) is 5.32 Å². The normalized spacial score (nSPS) is 21.8. The SMILES string of the molecule is C[Si](C)(CCCC1CCCCCN1)c1cccs1. The van der Waals surface area contributed by atoms with Crippen LogP contribution < -0.4 is 9.82 Å². The smallest absolute Gasteiger partial charge is 0.0934 e. The van der Waals surface area contributed by atoms with Gasteiger partial charge in [-0.3, -0.25) is 0 Å². The van der Waals surface area contributed by atoms with Gasteiger partial charge in [-0.1, -0.05) is 50.5 Å². The second-order valence-electron chi connectivity index (χ2n) is 6.25. The first kappa shape index (κ1) is 14.3. The van der Waals surface area contributed by atoms with Gasteiger partial charge in [-0.05, 0) is 35.7 Å². The molecule has 0 amide bonds. The molecule has 0 aromatic carbocycles. The molecule has 0 saturated carbocycles. The summed E-state index contributed by atoms with van der Waals surface area (Å²) in [4.78, 5) is 0. The van der Waals surface area contributed by atoms with Crippen molar-refractivity contribution in [1.29, 1.82) is 0 Å². The minimum Gasteiger partial charge on any atom is -0.314 e. The maximum atomic E-state index is 3.72. The largest absolute Gasteiger partial charge is 0.314 e. The van der Waals surface area contributed by atoms with Crippen molar-refractivity contribution >= 4 is 23.9 Å². The zero-order valence-electron chi connectivity index (χ0n) is 11.9. The number of rotatable bonds is 5. The Labute approximate surface area is 117 Å². The van der Waals surface area contributed by atoms with E-state index >= 15 is 0 Å². The van der Waals surface area contributed by atoms with Gasteiger partial charge in [-0.2, -0.15) is 11.3 Å². The molecule has 1 unspecified atom stereocenters. The molecule has 1 saturated heterocycles. The first-order valence-corrected chi connectivity index (χ1v) is 11.5. The number of thiophene rings is 1. The molecular formula is C15H27NSSi. The molecule has 1 aliphatic heterocycles. The van der Waals surface area contributed by atoms with Crippen LogP contribution in [0.5, 0.6) is 0 Å². The lowest BCUT2D eigenvalue weighted by atomic mass is 10.1. The van der Waals surface area contributed by atoms with Crippen LogP contribution in [0.15, 0.2) is 17.5 Å². The molecule has 0 aliphatic carbocycles. The van der Waals surface area contributed by atoms with Crippen LogP contribution in [-0.2, 0) is 0 Å². The summed E-state index contributed by atoms with van der Waals surface area (Å²) in [5, 5.41) is 5.95. The second-order valence-corrected chi connectivity index (χ2v) is 12.4. The van der Waals surface area contributed by atoms with Gasteiger partial charge in [0.2, 0.25) is 0 Å². The molecule has 0 bridgehead atoms. The lowest BCUT2D eigenvalue weighted by Crippen LogP contribution is -2.39. The molecule has 1 aromatic rings. The molecule has 1 aliphatic rings. The van der Waals surface area contributed by atoms with Crippen molar-refractivity contribution in [3.8, 4) is 0 Å². The summed E-state index contributed by atoms with van der Waals surface area (Å²) in [6.45, 7) is 6.30. The van der Waals surface area contributed by atoms with Crippen LogP contribution in [0.1, 0.15) is 38.5 Å². The van der Waals surface area contributed by atoms with E-state index in [1.165, 1.54) is 51.1 Å². The molecule has 1 aromatic heterocycles. The predicted octanol–water partition coefficient (Wildman–Crippen LogP) is 3.98. The van der Waals surface area contributed by atoms with Gasteiger partial charge >= 0.3 is 0 Å². The Balaban J connectivity index is 1.74. The third-order valence-corrected chi connectivity index (χ3v) is 10.0. The van der Waals surface area contributed by atoms with Gasteiger partial charge < -0.3 is 5.32 Å². The summed E-state index contributed by atoms with van der Waals surface area (Å²) in [5.41, 5.74) is 0. The average molecular weight is 282 g/mol. The number of hydrogen-bond donors (Lipinski definition) is 1. The molecular weight excluding hydrogens is 254 g/mol. The molecule has 18 heavy (non-hydrogen) atoms. The van der Waals surface area contributed by atoms with Crippen LogP contribution in [0.4, 0.5) is 0 Å². The fourth-order valence-corrected chi connectivity index (χ4v) is 7.05. The van der Waals surface area contributed by atoms with Gasteiger partial charge in [0.15, 0.2) is 0 Å². The second kappa shape index (κ2) is 6.87. The average Bonchev–Trinajstić information content (AvgIpc) is 2.76. The Kier molecular flexibility index (Phi) is 5.46. The molecule has 1 fully saturated rings. The first-order valence-electron chi connectivity index (χ1n) is 7.46. The van der Waals surface area contributed by atoms with Crippen LogP contribution in [-0.4, -0.2) is 20.7 Å². The van der Waals surface area contributed by atoms with E-state index in [0.717, 1.165) is 6.04 Å². The van der Waals surface area contributed by atoms with Gasteiger partial charge in [0.05, 0.1) is 8.07 Å². The lowest BCUT2D eigenvalue weighted by Gasteiger charge is -2.22. The molecule has 0 spiro atoms. The topological polar surface area (TPSA) is 12.0 Å². The van der Waals surface area contributed by atoms with Gasteiger partial charge in [-0.25, -0.2) is 0 Å². The van der Waals surface area contributed by atoms with E-state index in [0.29, 0.717) is 0 Å². The summed E-state index contributed by atoms with van der Waals surface area (Å²) >= 11 is 1.97. The van der Waals surface area contributed by atoms with Crippen LogP contribution >= 0.6 is 11.3 Å². The maximum Gasteiger partial charge on any atom is 0.0934 e.